The van der Waals surface area contributed by atoms with Gasteiger partial charge < -0.3 is 14.3 Å². The van der Waals surface area contributed by atoms with Gasteiger partial charge in [-0.3, -0.25) is 9.78 Å². The molecule has 3 aromatic heterocycles. The summed E-state index contributed by atoms with van der Waals surface area (Å²) in [4.78, 5) is 29.5. The van der Waals surface area contributed by atoms with Crippen LogP contribution in [0.3, 0.4) is 0 Å². The molecule has 0 N–H and O–H groups in total. The number of piperidine rings is 1. The average molecular weight is 443 g/mol. The molecule has 0 radical (unpaired) electrons. The lowest BCUT2D eigenvalue weighted by Crippen LogP contribution is -2.38. The van der Waals surface area contributed by atoms with Crippen LogP contribution in [0.15, 0.2) is 52.5 Å². The Hall–Kier alpha value is -3.73. The van der Waals surface area contributed by atoms with E-state index >= 15 is 0 Å². The Morgan fingerprint density at radius 2 is 2.03 bits per heavy atom. The zero-order valence-electron chi connectivity index (χ0n) is 18.6. The van der Waals surface area contributed by atoms with E-state index in [1.54, 1.807) is 36.0 Å². The molecule has 3 aromatic rings. The van der Waals surface area contributed by atoms with Crippen LogP contribution in [0.25, 0.3) is 11.0 Å². The molecule has 0 spiro atoms. The van der Waals surface area contributed by atoms with Crippen LogP contribution in [0, 0.1) is 23.2 Å². The predicted molar refractivity (Wildman–Crippen MR) is 126 cm³/mol. The molecule has 0 atom stereocenters. The van der Waals surface area contributed by atoms with Gasteiger partial charge in [-0.25, -0.2) is 4.98 Å². The zero-order chi connectivity index (χ0) is 22.8. The van der Waals surface area contributed by atoms with Crippen LogP contribution in [0.4, 0.5) is 5.69 Å². The number of pyridine rings is 3. The predicted octanol–water partition coefficient (Wildman–Crippen LogP) is 3.25. The number of aryl methyl sites for hydroxylation is 1. The van der Waals surface area contributed by atoms with Gasteiger partial charge in [0.05, 0.1) is 16.9 Å². The second-order valence-corrected chi connectivity index (χ2v) is 8.79. The molecule has 4 heterocycles. The lowest BCUT2D eigenvalue weighted by molar-refractivity contribution is 0.132. The average Bonchev–Trinajstić information content (AvgIpc) is 3.69. The first kappa shape index (κ1) is 21.1. The number of hydrogen-bond donors (Lipinski definition) is 0. The van der Waals surface area contributed by atoms with Gasteiger partial charge in [-0.15, -0.1) is 0 Å². The highest BCUT2D eigenvalue weighted by molar-refractivity contribution is 6.00. The monoisotopic (exact) mass is 442 g/mol. The van der Waals surface area contributed by atoms with E-state index in [-0.39, 0.29) is 11.5 Å². The molecular formula is C25H26N6O2. The van der Waals surface area contributed by atoms with Crippen LogP contribution < -0.4 is 10.5 Å². The van der Waals surface area contributed by atoms with Crippen molar-refractivity contribution in [1.82, 2.24) is 14.5 Å². The van der Waals surface area contributed by atoms with Crippen LogP contribution >= 0.6 is 0 Å². The first-order valence-corrected chi connectivity index (χ1v) is 11.4. The summed E-state index contributed by atoms with van der Waals surface area (Å²) >= 11 is 0. The highest BCUT2D eigenvalue weighted by Gasteiger charge is 2.28. The quantitative estimate of drug-likeness (QED) is 0.429. The van der Waals surface area contributed by atoms with Gasteiger partial charge >= 0.3 is 0 Å². The summed E-state index contributed by atoms with van der Waals surface area (Å²) in [5.74, 6) is 0.858. The number of fused-ring (bicyclic) bond motifs is 1. The van der Waals surface area contributed by atoms with Gasteiger partial charge in [-0.1, -0.05) is 11.2 Å². The molecule has 0 bridgehead atoms. The number of aromatic nitrogens is 3. The van der Waals surface area contributed by atoms with Gasteiger partial charge in [-0.2, -0.15) is 5.26 Å². The van der Waals surface area contributed by atoms with Crippen LogP contribution in [-0.4, -0.2) is 39.9 Å². The molecule has 33 heavy (non-hydrogen) atoms. The van der Waals surface area contributed by atoms with E-state index in [4.69, 9.17) is 4.84 Å². The Labute approximate surface area is 192 Å². The fourth-order valence-electron chi connectivity index (χ4n) is 4.35. The normalized spacial score (nSPS) is 17.2. The van der Waals surface area contributed by atoms with E-state index in [1.165, 1.54) is 12.8 Å². The molecule has 0 amide bonds. The molecule has 1 aliphatic heterocycles. The van der Waals surface area contributed by atoms with E-state index in [2.05, 4.69) is 26.1 Å². The summed E-state index contributed by atoms with van der Waals surface area (Å²) in [5.41, 5.74) is 4.19. The second-order valence-electron chi connectivity index (χ2n) is 8.79. The number of oxime groups is 1. The first-order chi connectivity index (χ1) is 16.1. The summed E-state index contributed by atoms with van der Waals surface area (Å²) in [7, 11) is 1.73. The van der Waals surface area contributed by atoms with Crippen molar-refractivity contribution < 1.29 is 4.84 Å². The Morgan fingerprint density at radius 3 is 2.73 bits per heavy atom. The fraction of sp³-hybridized carbons (Fsp3) is 0.400. The minimum absolute atomic E-state index is 0.0876. The number of nitrogens with zero attached hydrogens (tertiary/aromatic N) is 6. The largest absolute Gasteiger partial charge is 0.395 e. The van der Waals surface area contributed by atoms with Crippen molar-refractivity contribution in [3.05, 3.63) is 64.3 Å². The Bertz CT molecular complexity index is 1280. The maximum absolute atomic E-state index is 12.6. The summed E-state index contributed by atoms with van der Waals surface area (Å²) in [6.45, 7) is 2.17. The Balaban J connectivity index is 1.40. The fourth-order valence-corrected chi connectivity index (χ4v) is 4.35. The van der Waals surface area contributed by atoms with E-state index in [9.17, 15) is 10.1 Å². The number of hydrogen-bond acceptors (Lipinski definition) is 7. The first-order valence-electron chi connectivity index (χ1n) is 11.4. The van der Waals surface area contributed by atoms with Gasteiger partial charge in [0.25, 0.3) is 5.56 Å². The van der Waals surface area contributed by atoms with Gasteiger partial charge in [-0.05, 0) is 55.9 Å². The van der Waals surface area contributed by atoms with Crippen molar-refractivity contribution in [3.63, 3.8) is 0 Å². The van der Waals surface area contributed by atoms with Crippen molar-refractivity contribution >= 4 is 22.4 Å². The van der Waals surface area contributed by atoms with E-state index in [0.29, 0.717) is 23.7 Å². The lowest BCUT2D eigenvalue weighted by atomic mass is 9.89. The van der Waals surface area contributed by atoms with E-state index in [1.807, 2.05) is 18.2 Å². The standard InChI is InChI=1S/C25H26N6O2/c1-30-21-8-7-19(15-26)28-25(21)22(14-23(30)32)31-12-9-18(10-13-31)24(20-4-2-3-11-27-20)29-33-16-17-5-6-17/h2-4,7-8,11,14,17-18H,5-6,9-10,12-13,16H2,1H3/b29-24+. The topological polar surface area (TPSA) is 96.4 Å². The number of rotatable bonds is 6. The molecule has 1 saturated carbocycles. The third-order valence-electron chi connectivity index (χ3n) is 6.50. The lowest BCUT2D eigenvalue weighted by Gasteiger charge is -2.34. The summed E-state index contributed by atoms with van der Waals surface area (Å²) in [6, 6.07) is 13.0. The molecule has 1 aliphatic carbocycles. The molecule has 168 valence electrons. The van der Waals surface area contributed by atoms with Crippen LogP contribution in [0.5, 0.6) is 0 Å². The minimum atomic E-state index is -0.0876. The van der Waals surface area contributed by atoms with Gasteiger partial charge in [0.1, 0.15) is 29.6 Å². The molecule has 0 aromatic carbocycles. The molecule has 1 saturated heterocycles. The van der Waals surface area contributed by atoms with Crippen molar-refractivity contribution in [2.75, 3.05) is 24.6 Å². The third kappa shape index (κ3) is 4.44. The maximum atomic E-state index is 12.6. The second kappa shape index (κ2) is 9.02. The van der Waals surface area contributed by atoms with Crippen molar-refractivity contribution in [2.45, 2.75) is 25.7 Å². The minimum Gasteiger partial charge on any atom is -0.395 e. The molecule has 5 rings (SSSR count). The zero-order valence-corrected chi connectivity index (χ0v) is 18.6. The van der Waals surface area contributed by atoms with E-state index < -0.39 is 0 Å². The van der Waals surface area contributed by atoms with Crippen molar-refractivity contribution in [1.29, 1.82) is 5.26 Å². The van der Waals surface area contributed by atoms with Gasteiger partial charge in [0.2, 0.25) is 0 Å². The number of nitriles is 1. The van der Waals surface area contributed by atoms with Crippen LogP contribution in [-0.2, 0) is 11.9 Å². The molecule has 8 nitrogen and oxygen atoms in total. The van der Waals surface area contributed by atoms with Gasteiger partial charge in [0, 0.05) is 38.3 Å². The smallest absolute Gasteiger partial charge is 0.252 e. The highest BCUT2D eigenvalue weighted by Crippen LogP contribution is 2.31. The number of anilines is 1. The van der Waals surface area contributed by atoms with Crippen molar-refractivity contribution in [2.24, 2.45) is 24.0 Å². The summed E-state index contributed by atoms with van der Waals surface area (Å²) < 4.78 is 1.57. The van der Waals surface area contributed by atoms with Crippen molar-refractivity contribution in [3.8, 4) is 6.07 Å². The molecular weight excluding hydrogens is 416 g/mol. The Morgan fingerprint density at radius 1 is 1.21 bits per heavy atom. The summed E-state index contributed by atoms with van der Waals surface area (Å²) in [6.07, 6.45) is 5.94. The molecule has 2 fully saturated rings. The SMILES string of the molecule is Cn1c(=O)cc(N2CCC(/C(=N\OCC3CC3)c3ccccn3)CC2)c2nc(C#N)ccc21. The van der Waals surface area contributed by atoms with E-state index in [0.717, 1.165) is 48.5 Å². The van der Waals surface area contributed by atoms with Crippen LogP contribution in [0.2, 0.25) is 0 Å². The highest BCUT2D eigenvalue weighted by atomic mass is 16.6. The van der Waals surface area contributed by atoms with Gasteiger partial charge in [0.15, 0.2) is 0 Å². The van der Waals surface area contributed by atoms with Crippen LogP contribution in [0.1, 0.15) is 37.1 Å². The molecule has 0 unspecified atom stereocenters. The maximum Gasteiger partial charge on any atom is 0.252 e. The molecule has 2 aliphatic rings. The summed E-state index contributed by atoms with van der Waals surface area (Å²) in [5, 5.41) is 13.8. The Kier molecular flexibility index (Phi) is 5.78. The third-order valence-corrected chi connectivity index (χ3v) is 6.50. The molecule has 8 heteroatoms.